The summed E-state index contributed by atoms with van der Waals surface area (Å²) in [4.78, 5) is 0. The molecule has 0 spiro atoms. The number of aliphatic hydroxyl groups is 1. The first-order valence-electron chi connectivity index (χ1n) is 5.44. The van der Waals surface area contributed by atoms with Crippen molar-refractivity contribution in [2.45, 2.75) is 26.4 Å². The number of hydrogen-bond acceptors (Lipinski definition) is 3. The molecule has 0 aliphatic rings. The zero-order chi connectivity index (χ0) is 12.1. The van der Waals surface area contributed by atoms with Crippen LogP contribution in [0.1, 0.15) is 19.4 Å². The van der Waals surface area contributed by atoms with E-state index >= 15 is 0 Å². The second-order valence-corrected chi connectivity index (χ2v) is 4.62. The highest BCUT2D eigenvalue weighted by molar-refractivity contribution is 6.30. The molecule has 0 fully saturated rings. The number of nitrogens with two attached hydrogens (primary N) is 1. The van der Waals surface area contributed by atoms with Gasteiger partial charge >= 0.3 is 0 Å². The van der Waals surface area contributed by atoms with Crippen LogP contribution in [-0.2, 0) is 6.54 Å². The highest BCUT2D eigenvalue weighted by Gasteiger charge is 2.13. The predicted octanol–water partition coefficient (Wildman–Crippen LogP) is 2.23. The van der Waals surface area contributed by atoms with Crippen LogP contribution in [0.3, 0.4) is 0 Å². The third-order valence-electron chi connectivity index (χ3n) is 2.63. The van der Waals surface area contributed by atoms with Crippen molar-refractivity contribution in [3.63, 3.8) is 0 Å². The largest absolute Gasteiger partial charge is 0.394 e. The Morgan fingerprint density at radius 1 is 1.44 bits per heavy atom. The van der Waals surface area contributed by atoms with Crippen LogP contribution >= 0.6 is 11.6 Å². The predicted molar refractivity (Wildman–Crippen MR) is 68.7 cm³/mol. The number of halogens is 1. The Kier molecular flexibility index (Phi) is 5.06. The van der Waals surface area contributed by atoms with Gasteiger partial charge in [0, 0.05) is 17.3 Å². The van der Waals surface area contributed by atoms with E-state index in [4.69, 9.17) is 17.3 Å². The van der Waals surface area contributed by atoms with Gasteiger partial charge in [0.05, 0.1) is 12.6 Å². The zero-order valence-corrected chi connectivity index (χ0v) is 10.5. The summed E-state index contributed by atoms with van der Waals surface area (Å²) >= 11 is 5.94. The van der Waals surface area contributed by atoms with E-state index in [0.717, 1.165) is 11.3 Å². The van der Waals surface area contributed by atoms with Gasteiger partial charge in [-0.3, -0.25) is 0 Å². The number of anilines is 1. The highest BCUT2D eigenvalue weighted by Crippen LogP contribution is 2.22. The summed E-state index contributed by atoms with van der Waals surface area (Å²) in [5.41, 5.74) is 7.56. The second kappa shape index (κ2) is 6.09. The molecule has 0 bridgehead atoms. The molecule has 0 radical (unpaired) electrons. The van der Waals surface area contributed by atoms with Gasteiger partial charge in [0.15, 0.2) is 0 Å². The molecule has 3 nitrogen and oxygen atoms in total. The molecule has 4 heteroatoms. The molecule has 0 heterocycles. The molecule has 90 valence electrons. The van der Waals surface area contributed by atoms with Crippen LogP contribution in [0, 0.1) is 5.92 Å². The number of rotatable bonds is 5. The summed E-state index contributed by atoms with van der Waals surface area (Å²) < 4.78 is 0. The lowest BCUT2D eigenvalue weighted by Gasteiger charge is -2.23. The lowest BCUT2D eigenvalue weighted by Crippen LogP contribution is -2.30. The van der Waals surface area contributed by atoms with E-state index in [1.54, 1.807) is 0 Å². The van der Waals surface area contributed by atoms with Crippen molar-refractivity contribution in [3.8, 4) is 0 Å². The minimum atomic E-state index is 0.0174. The molecule has 1 unspecified atom stereocenters. The maximum absolute atomic E-state index is 9.26. The molecule has 0 amide bonds. The molecule has 1 rings (SSSR count). The fraction of sp³-hybridized carbons (Fsp3) is 0.500. The van der Waals surface area contributed by atoms with Crippen molar-refractivity contribution in [1.29, 1.82) is 0 Å². The third-order valence-corrected chi connectivity index (χ3v) is 2.87. The summed E-state index contributed by atoms with van der Waals surface area (Å²) in [7, 11) is 0. The summed E-state index contributed by atoms with van der Waals surface area (Å²) in [6.45, 7) is 4.66. The number of aliphatic hydroxyl groups excluding tert-OH is 1. The van der Waals surface area contributed by atoms with Gasteiger partial charge in [0.1, 0.15) is 0 Å². The second-order valence-electron chi connectivity index (χ2n) is 4.18. The van der Waals surface area contributed by atoms with Gasteiger partial charge in [-0.2, -0.15) is 0 Å². The monoisotopic (exact) mass is 242 g/mol. The average molecular weight is 243 g/mol. The number of nitrogens with one attached hydrogen (secondary N) is 1. The van der Waals surface area contributed by atoms with E-state index in [1.165, 1.54) is 0 Å². The molecule has 1 atom stereocenters. The van der Waals surface area contributed by atoms with Crippen LogP contribution in [0.15, 0.2) is 18.2 Å². The first-order chi connectivity index (χ1) is 7.58. The van der Waals surface area contributed by atoms with Crippen LogP contribution < -0.4 is 11.1 Å². The van der Waals surface area contributed by atoms with Crippen LogP contribution in [-0.4, -0.2) is 17.8 Å². The van der Waals surface area contributed by atoms with Gasteiger partial charge in [-0.25, -0.2) is 0 Å². The summed E-state index contributed by atoms with van der Waals surface area (Å²) in [6.07, 6.45) is 0. The van der Waals surface area contributed by atoms with Crippen molar-refractivity contribution >= 4 is 17.3 Å². The SMILES string of the molecule is CC(C)C(CO)Nc1cc(Cl)ccc1CN. The van der Waals surface area contributed by atoms with Crippen molar-refractivity contribution in [3.05, 3.63) is 28.8 Å². The fourth-order valence-electron chi connectivity index (χ4n) is 1.48. The lowest BCUT2D eigenvalue weighted by atomic mass is 10.0. The van der Waals surface area contributed by atoms with Gasteiger partial charge in [0.2, 0.25) is 0 Å². The Morgan fingerprint density at radius 2 is 2.12 bits per heavy atom. The molecular formula is C12H19ClN2O. The van der Waals surface area contributed by atoms with Crippen LogP contribution in [0.5, 0.6) is 0 Å². The van der Waals surface area contributed by atoms with E-state index in [0.29, 0.717) is 17.5 Å². The molecule has 4 N–H and O–H groups in total. The Morgan fingerprint density at radius 3 is 2.62 bits per heavy atom. The molecule has 0 aromatic heterocycles. The zero-order valence-electron chi connectivity index (χ0n) is 9.70. The Bertz CT molecular complexity index is 342. The first kappa shape index (κ1) is 13.3. The van der Waals surface area contributed by atoms with Gasteiger partial charge in [-0.15, -0.1) is 0 Å². The number of hydrogen-bond donors (Lipinski definition) is 3. The van der Waals surface area contributed by atoms with Gasteiger partial charge in [0.25, 0.3) is 0 Å². The minimum Gasteiger partial charge on any atom is -0.394 e. The Balaban J connectivity index is 2.89. The van der Waals surface area contributed by atoms with E-state index in [-0.39, 0.29) is 12.6 Å². The van der Waals surface area contributed by atoms with E-state index in [9.17, 15) is 5.11 Å². The fourth-order valence-corrected chi connectivity index (χ4v) is 1.66. The van der Waals surface area contributed by atoms with Crippen molar-refractivity contribution in [2.75, 3.05) is 11.9 Å². The van der Waals surface area contributed by atoms with Crippen molar-refractivity contribution in [2.24, 2.45) is 11.7 Å². The molecule has 1 aromatic carbocycles. The number of benzene rings is 1. The molecule has 0 aliphatic heterocycles. The summed E-state index contributed by atoms with van der Waals surface area (Å²) in [5.74, 6) is 0.342. The van der Waals surface area contributed by atoms with E-state index in [2.05, 4.69) is 19.2 Å². The molecule has 0 saturated heterocycles. The standard InChI is InChI=1S/C12H19ClN2O/c1-8(2)12(7-16)15-11-5-10(13)4-3-9(11)6-14/h3-5,8,12,15-16H,6-7,14H2,1-2H3. The Labute approximate surface area is 102 Å². The molecule has 1 aromatic rings. The maximum atomic E-state index is 9.26. The molecule has 16 heavy (non-hydrogen) atoms. The quantitative estimate of drug-likeness (QED) is 0.742. The van der Waals surface area contributed by atoms with Crippen LogP contribution in [0.25, 0.3) is 0 Å². The van der Waals surface area contributed by atoms with E-state index in [1.807, 2.05) is 18.2 Å². The van der Waals surface area contributed by atoms with Gasteiger partial charge < -0.3 is 16.2 Å². The van der Waals surface area contributed by atoms with Crippen LogP contribution in [0.2, 0.25) is 5.02 Å². The Hall–Kier alpha value is -0.770. The average Bonchev–Trinajstić information content (AvgIpc) is 2.25. The lowest BCUT2D eigenvalue weighted by molar-refractivity contribution is 0.249. The third kappa shape index (κ3) is 3.37. The van der Waals surface area contributed by atoms with Crippen molar-refractivity contribution in [1.82, 2.24) is 0 Å². The molecule has 0 saturated carbocycles. The molecule has 0 aliphatic carbocycles. The normalized spacial score (nSPS) is 12.9. The highest BCUT2D eigenvalue weighted by atomic mass is 35.5. The summed E-state index contributed by atoms with van der Waals surface area (Å²) in [6, 6.07) is 5.58. The minimum absolute atomic E-state index is 0.0174. The smallest absolute Gasteiger partial charge is 0.0635 e. The van der Waals surface area contributed by atoms with Crippen molar-refractivity contribution < 1.29 is 5.11 Å². The molecular weight excluding hydrogens is 224 g/mol. The first-order valence-corrected chi connectivity index (χ1v) is 5.82. The van der Waals surface area contributed by atoms with Gasteiger partial charge in [-0.05, 0) is 23.6 Å². The van der Waals surface area contributed by atoms with E-state index < -0.39 is 0 Å². The van der Waals surface area contributed by atoms with Gasteiger partial charge in [-0.1, -0.05) is 31.5 Å². The summed E-state index contributed by atoms with van der Waals surface area (Å²) in [5, 5.41) is 13.2. The topological polar surface area (TPSA) is 58.3 Å². The van der Waals surface area contributed by atoms with Crippen LogP contribution in [0.4, 0.5) is 5.69 Å². The maximum Gasteiger partial charge on any atom is 0.0635 e.